The van der Waals surface area contributed by atoms with Crippen molar-refractivity contribution in [3.8, 4) is 0 Å². The minimum atomic E-state index is -0.420. The zero-order chi connectivity index (χ0) is 20.4. The lowest BCUT2D eigenvalue weighted by Crippen LogP contribution is -2.35. The summed E-state index contributed by atoms with van der Waals surface area (Å²) in [4.78, 5) is 32.4. The summed E-state index contributed by atoms with van der Waals surface area (Å²) in [5.41, 5.74) is 3.48. The second kappa shape index (κ2) is 7.71. The van der Waals surface area contributed by atoms with Gasteiger partial charge in [0.1, 0.15) is 5.56 Å². The van der Waals surface area contributed by atoms with Crippen LogP contribution in [-0.2, 0) is 6.42 Å². The molecule has 7 heteroatoms. The van der Waals surface area contributed by atoms with Crippen LogP contribution in [0.1, 0.15) is 38.9 Å². The van der Waals surface area contributed by atoms with Crippen molar-refractivity contribution in [2.24, 2.45) is 0 Å². The Morgan fingerprint density at radius 3 is 2.69 bits per heavy atom. The Labute approximate surface area is 167 Å². The molecule has 1 unspecified atom stereocenters. The van der Waals surface area contributed by atoms with Crippen molar-refractivity contribution in [3.05, 3.63) is 93.2 Å². The zero-order valence-electron chi connectivity index (χ0n) is 16.2. The molecule has 7 nitrogen and oxygen atoms in total. The molecule has 4 rings (SSSR count). The first-order valence-electron chi connectivity index (χ1n) is 9.37. The van der Waals surface area contributed by atoms with Gasteiger partial charge in [-0.1, -0.05) is 30.3 Å². The third kappa shape index (κ3) is 3.80. The summed E-state index contributed by atoms with van der Waals surface area (Å²) in [6.07, 6.45) is 2.22. The summed E-state index contributed by atoms with van der Waals surface area (Å²) >= 11 is 0. The van der Waals surface area contributed by atoms with Crippen molar-refractivity contribution in [1.29, 1.82) is 0 Å². The van der Waals surface area contributed by atoms with Gasteiger partial charge in [-0.2, -0.15) is 5.10 Å². The van der Waals surface area contributed by atoms with Crippen molar-refractivity contribution in [2.45, 2.75) is 26.3 Å². The summed E-state index contributed by atoms with van der Waals surface area (Å²) in [6, 6.07) is 15.0. The summed E-state index contributed by atoms with van der Waals surface area (Å²) in [7, 11) is 0. The number of aryl methyl sites for hydroxylation is 2. The maximum Gasteiger partial charge on any atom is 0.261 e. The molecule has 3 aromatic heterocycles. The van der Waals surface area contributed by atoms with Crippen LogP contribution in [0.4, 0.5) is 0 Å². The minimum absolute atomic E-state index is 0.121. The predicted octanol–water partition coefficient (Wildman–Crippen LogP) is 2.98. The van der Waals surface area contributed by atoms with Gasteiger partial charge in [-0.15, -0.1) is 0 Å². The van der Waals surface area contributed by atoms with Gasteiger partial charge in [-0.3, -0.25) is 14.7 Å². The van der Waals surface area contributed by atoms with Crippen molar-refractivity contribution >= 4 is 16.9 Å². The Balaban J connectivity index is 1.73. The van der Waals surface area contributed by atoms with E-state index in [4.69, 9.17) is 0 Å². The van der Waals surface area contributed by atoms with Gasteiger partial charge in [0.2, 0.25) is 0 Å². The second-order valence-electron chi connectivity index (χ2n) is 7.07. The van der Waals surface area contributed by atoms with Gasteiger partial charge in [-0.05, 0) is 49.6 Å². The highest BCUT2D eigenvalue weighted by atomic mass is 16.2. The van der Waals surface area contributed by atoms with Gasteiger partial charge >= 0.3 is 0 Å². The molecule has 0 radical (unpaired) electrons. The van der Waals surface area contributed by atoms with E-state index in [1.807, 2.05) is 42.5 Å². The molecule has 3 heterocycles. The smallest absolute Gasteiger partial charge is 0.261 e. The number of hydrogen-bond donors (Lipinski definition) is 3. The van der Waals surface area contributed by atoms with Gasteiger partial charge in [0, 0.05) is 17.3 Å². The molecule has 0 fully saturated rings. The fourth-order valence-electron chi connectivity index (χ4n) is 3.58. The number of aromatic nitrogens is 4. The third-order valence-electron chi connectivity index (χ3n) is 4.89. The van der Waals surface area contributed by atoms with Gasteiger partial charge < -0.3 is 10.3 Å². The van der Waals surface area contributed by atoms with E-state index >= 15 is 0 Å². The largest absolute Gasteiger partial charge is 0.343 e. The number of H-pyrrole nitrogens is 2. The SMILES string of the molecule is Cc1cc(C)c(C(=O)NC(Cc2ccccc2)c2[nH]nc3ncccc23)c(=O)[nH]1. The number of benzene rings is 1. The highest BCUT2D eigenvalue weighted by Crippen LogP contribution is 2.24. The lowest BCUT2D eigenvalue weighted by atomic mass is 10.0. The van der Waals surface area contributed by atoms with E-state index in [1.54, 1.807) is 26.1 Å². The molecule has 1 aromatic carbocycles. The van der Waals surface area contributed by atoms with Crippen LogP contribution in [-0.4, -0.2) is 26.1 Å². The number of fused-ring (bicyclic) bond motifs is 1. The Morgan fingerprint density at radius 1 is 1.14 bits per heavy atom. The van der Waals surface area contributed by atoms with Crippen LogP contribution in [0.15, 0.2) is 59.5 Å². The first-order valence-corrected chi connectivity index (χ1v) is 9.37. The lowest BCUT2D eigenvalue weighted by Gasteiger charge is -2.19. The molecule has 4 aromatic rings. The summed E-state index contributed by atoms with van der Waals surface area (Å²) in [6.45, 7) is 3.55. The first-order chi connectivity index (χ1) is 14.0. The molecule has 0 saturated carbocycles. The van der Waals surface area contributed by atoms with Crippen LogP contribution in [0.5, 0.6) is 0 Å². The lowest BCUT2D eigenvalue weighted by molar-refractivity contribution is 0.0933. The summed E-state index contributed by atoms with van der Waals surface area (Å²) in [5.74, 6) is -0.420. The van der Waals surface area contributed by atoms with Crippen LogP contribution in [0.2, 0.25) is 0 Å². The number of hydrogen-bond acceptors (Lipinski definition) is 4. The quantitative estimate of drug-likeness (QED) is 0.490. The van der Waals surface area contributed by atoms with Crippen molar-refractivity contribution in [1.82, 2.24) is 25.5 Å². The molecule has 0 aliphatic heterocycles. The highest BCUT2D eigenvalue weighted by molar-refractivity contribution is 5.95. The molecule has 0 bridgehead atoms. The molecule has 0 aliphatic rings. The number of carbonyl (C=O) groups is 1. The third-order valence-corrected chi connectivity index (χ3v) is 4.89. The number of rotatable bonds is 5. The van der Waals surface area contributed by atoms with E-state index in [0.717, 1.165) is 22.3 Å². The van der Waals surface area contributed by atoms with Gasteiger partial charge in [0.05, 0.1) is 11.7 Å². The summed E-state index contributed by atoms with van der Waals surface area (Å²) < 4.78 is 0. The van der Waals surface area contributed by atoms with E-state index in [-0.39, 0.29) is 5.56 Å². The van der Waals surface area contributed by atoms with Crippen molar-refractivity contribution in [2.75, 3.05) is 0 Å². The number of pyridine rings is 2. The first kappa shape index (κ1) is 18.6. The second-order valence-corrected chi connectivity index (χ2v) is 7.07. The van der Waals surface area contributed by atoms with Crippen LogP contribution < -0.4 is 10.9 Å². The van der Waals surface area contributed by atoms with E-state index in [2.05, 4.69) is 25.5 Å². The zero-order valence-corrected chi connectivity index (χ0v) is 16.2. The van der Waals surface area contributed by atoms with E-state index < -0.39 is 17.5 Å². The number of nitrogens with zero attached hydrogens (tertiary/aromatic N) is 2. The minimum Gasteiger partial charge on any atom is -0.343 e. The number of amides is 1. The molecule has 146 valence electrons. The van der Waals surface area contributed by atoms with Crippen LogP contribution in [0.25, 0.3) is 11.0 Å². The molecule has 0 aliphatic carbocycles. The molecule has 29 heavy (non-hydrogen) atoms. The van der Waals surface area contributed by atoms with Gasteiger partial charge in [-0.25, -0.2) is 4.98 Å². The Hall–Kier alpha value is -3.74. The standard InChI is InChI=1S/C22H21N5O2/c1-13-11-14(2)24-21(28)18(13)22(29)25-17(12-15-7-4-3-5-8-15)19-16-9-6-10-23-20(16)27-26-19/h3-11,17H,12H2,1-2H3,(H,24,28)(H,25,29)(H,23,26,27). The number of aromatic amines is 2. The highest BCUT2D eigenvalue weighted by Gasteiger charge is 2.23. The number of nitrogens with one attached hydrogen (secondary N) is 3. The van der Waals surface area contributed by atoms with Gasteiger partial charge in [0.15, 0.2) is 5.65 Å². The molecular formula is C22H21N5O2. The molecule has 1 atom stereocenters. The van der Waals surface area contributed by atoms with E-state index in [0.29, 0.717) is 17.6 Å². The molecule has 0 saturated heterocycles. The molecular weight excluding hydrogens is 366 g/mol. The normalized spacial score (nSPS) is 12.1. The Kier molecular flexibility index (Phi) is 4.95. The predicted molar refractivity (Wildman–Crippen MR) is 111 cm³/mol. The molecule has 1 amide bonds. The monoisotopic (exact) mass is 387 g/mol. The molecule has 3 N–H and O–H groups in total. The fraction of sp³-hybridized carbons (Fsp3) is 0.182. The van der Waals surface area contributed by atoms with Crippen molar-refractivity contribution in [3.63, 3.8) is 0 Å². The van der Waals surface area contributed by atoms with Gasteiger partial charge in [0.25, 0.3) is 11.5 Å². The topological polar surface area (TPSA) is 104 Å². The van der Waals surface area contributed by atoms with Crippen molar-refractivity contribution < 1.29 is 4.79 Å². The maximum absolute atomic E-state index is 13.0. The fourth-order valence-corrected chi connectivity index (χ4v) is 3.58. The average Bonchev–Trinajstić information content (AvgIpc) is 3.11. The maximum atomic E-state index is 13.0. The average molecular weight is 387 g/mol. The van der Waals surface area contributed by atoms with Crippen LogP contribution in [0.3, 0.4) is 0 Å². The van der Waals surface area contributed by atoms with Crippen LogP contribution in [0, 0.1) is 13.8 Å². The Morgan fingerprint density at radius 2 is 1.93 bits per heavy atom. The number of carbonyl (C=O) groups excluding carboxylic acids is 1. The Bertz CT molecular complexity index is 1230. The molecule has 0 spiro atoms. The van der Waals surface area contributed by atoms with E-state index in [9.17, 15) is 9.59 Å². The van der Waals surface area contributed by atoms with E-state index in [1.165, 1.54) is 0 Å². The van der Waals surface area contributed by atoms with Crippen LogP contribution >= 0.6 is 0 Å². The summed E-state index contributed by atoms with van der Waals surface area (Å²) in [5, 5.41) is 11.1.